The smallest absolute Gasteiger partial charge is 0.308 e. The van der Waals surface area contributed by atoms with Gasteiger partial charge in [0.25, 0.3) is 0 Å². The number of thioether (sulfide) groups is 1. The zero-order valence-corrected chi connectivity index (χ0v) is 18.2. The molecule has 1 saturated heterocycles. The fourth-order valence-electron chi connectivity index (χ4n) is 3.40. The van der Waals surface area contributed by atoms with Gasteiger partial charge in [0.2, 0.25) is 0 Å². The highest BCUT2D eigenvalue weighted by atomic mass is 35.5. The first-order chi connectivity index (χ1) is 13.3. The summed E-state index contributed by atoms with van der Waals surface area (Å²) in [6.45, 7) is 5.73. The van der Waals surface area contributed by atoms with E-state index < -0.39 is 5.60 Å². The maximum Gasteiger partial charge on any atom is 0.308 e. The lowest BCUT2D eigenvalue weighted by Gasteiger charge is -2.37. The van der Waals surface area contributed by atoms with Gasteiger partial charge >= 0.3 is 5.97 Å². The average Bonchev–Trinajstić information content (AvgIpc) is 2.63. The standard InChI is InChI=1S/C23H27ClO3S/c1-22(2,3)27-21(25)16-23(14-4-5-15-28-23)17-6-10-19(11-7-17)26-20-12-8-18(24)9-13-20/h6-13H,4-5,14-16H2,1-3H3. The summed E-state index contributed by atoms with van der Waals surface area (Å²) in [5, 5.41) is 0.682. The van der Waals surface area contributed by atoms with Crippen molar-refractivity contribution in [2.24, 2.45) is 0 Å². The molecule has 28 heavy (non-hydrogen) atoms. The fourth-order valence-corrected chi connectivity index (χ4v) is 5.07. The van der Waals surface area contributed by atoms with E-state index >= 15 is 0 Å². The monoisotopic (exact) mass is 418 g/mol. The van der Waals surface area contributed by atoms with Crippen molar-refractivity contribution < 1.29 is 14.3 Å². The number of carbonyl (C=O) groups excluding carboxylic acids is 1. The maximum absolute atomic E-state index is 12.6. The van der Waals surface area contributed by atoms with Crippen LogP contribution >= 0.6 is 23.4 Å². The molecule has 0 bridgehead atoms. The lowest BCUT2D eigenvalue weighted by Crippen LogP contribution is -2.33. The molecule has 3 rings (SSSR count). The number of carbonyl (C=O) groups is 1. The summed E-state index contributed by atoms with van der Waals surface area (Å²) in [5.41, 5.74) is 0.694. The van der Waals surface area contributed by atoms with Crippen LogP contribution in [0.5, 0.6) is 11.5 Å². The number of hydrogen-bond acceptors (Lipinski definition) is 4. The highest BCUT2D eigenvalue weighted by molar-refractivity contribution is 8.00. The van der Waals surface area contributed by atoms with E-state index in [1.807, 2.05) is 56.8 Å². The Kier molecular flexibility index (Phi) is 6.61. The Bertz CT molecular complexity index is 788. The molecule has 2 aromatic rings. The molecule has 0 saturated carbocycles. The quantitative estimate of drug-likeness (QED) is 0.491. The molecule has 1 heterocycles. The first kappa shape index (κ1) is 21.1. The van der Waals surface area contributed by atoms with Crippen LogP contribution in [0.25, 0.3) is 0 Å². The van der Waals surface area contributed by atoms with E-state index in [0.717, 1.165) is 35.7 Å². The van der Waals surface area contributed by atoms with Gasteiger partial charge in [0.1, 0.15) is 17.1 Å². The van der Waals surface area contributed by atoms with Crippen LogP contribution in [0.4, 0.5) is 0 Å². The van der Waals surface area contributed by atoms with Crippen LogP contribution in [0.2, 0.25) is 5.02 Å². The Balaban J connectivity index is 1.76. The van der Waals surface area contributed by atoms with E-state index in [2.05, 4.69) is 12.1 Å². The Morgan fingerprint density at radius 3 is 2.18 bits per heavy atom. The molecule has 150 valence electrons. The van der Waals surface area contributed by atoms with Gasteiger partial charge in [0, 0.05) is 5.02 Å². The van der Waals surface area contributed by atoms with Crippen LogP contribution in [0.3, 0.4) is 0 Å². The minimum absolute atomic E-state index is 0.136. The molecule has 1 aliphatic heterocycles. The number of rotatable bonds is 5. The van der Waals surface area contributed by atoms with Crippen molar-refractivity contribution in [2.45, 2.75) is 56.8 Å². The zero-order valence-electron chi connectivity index (χ0n) is 16.7. The molecule has 1 unspecified atom stereocenters. The molecule has 1 fully saturated rings. The normalized spacial score (nSPS) is 19.9. The van der Waals surface area contributed by atoms with Gasteiger partial charge in [-0.25, -0.2) is 0 Å². The molecule has 0 amide bonds. The number of ether oxygens (including phenoxy) is 2. The predicted molar refractivity (Wildman–Crippen MR) is 116 cm³/mol. The van der Waals surface area contributed by atoms with Crippen molar-refractivity contribution in [1.29, 1.82) is 0 Å². The molecule has 2 aromatic carbocycles. The summed E-state index contributed by atoms with van der Waals surface area (Å²) >= 11 is 7.80. The molecule has 0 radical (unpaired) electrons. The van der Waals surface area contributed by atoms with Crippen molar-refractivity contribution in [2.75, 3.05) is 5.75 Å². The van der Waals surface area contributed by atoms with Crippen LogP contribution in [0, 0.1) is 0 Å². The van der Waals surface area contributed by atoms with E-state index in [9.17, 15) is 4.79 Å². The molecule has 0 aromatic heterocycles. The summed E-state index contributed by atoms with van der Waals surface area (Å²) in [6, 6.07) is 15.4. The van der Waals surface area contributed by atoms with Crippen LogP contribution in [0.1, 0.15) is 52.0 Å². The topological polar surface area (TPSA) is 35.5 Å². The van der Waals surface area contributed by atoms with E-state index in [4.69, 9.17) is 21.1 Å². The molecule has 1 aliphatic rings. The summed E-state index contributed by atoms with van der Waals surface area (Å²) in [7, 11) is 0. The maximum atomic E-state index is 12.6. The fraction of sp³-hybridized carbons (Fsp3) is 0.435. The number of halogens is 1. The minimum Gasteiger partial charge on any atom is -0.460 e. The predicted octanol–water partition coefficient (Wildman–Crippen LogP) is 6.98. The summed E-state index contributed by atoms with van der Waals surface area (Å²) in [6.07, 6.45) is 3.69. The summed E-state index contributed by atoms with van der Waals surface area (Å²) in [4.78, 5) is 12.6. The Hall–Kier alpha value is -1.65. The lowest BCUT2D eigenvalue weighted by atomic mass is 9.89. The van der Waals surface area contributed by atoms with E-state index in [0.29, 0.717) is 11.4 Å². The van der Waals surface area contributed by atoms with Crippen LogP contribution in [0.15, 0.2) is 48.5 Å². The first-order valence-electron chi connectivity index (χ1n) is 9.66. The molecular formula is C23H27ClO3S. The van der Waals surface area contributed by atoms with Crippen LogP contribution in [-0.2, 0) is 14.3 Å². The Morgan fingerprint density at radius 1 is 1.04 bits per heavy atom. The van der Waals surface area contributed by atoms with Gasteiger partial charge in [0.15, 0.2) is 0 Å². The van der Waals surface area contributed by atoms with E-state index in [1.165, 1.54) is 6.42 Å². The van der Waals surface area contributed by atoms with Crippen molar-refractivity contribution in [3.63, 3.8) is 0 Å². The molecular weight excluding hydrogens is 392 g/mol. The number of hydrogen-bond donors (Lipinski definition) is 0. The van der Waals surface area contributed by atoms with Crippen molar-refractivity contribution in [1.82, 2.24) is 0 Å². The summed E-state index contributed by atoms with van der Waals surface area (Å²) in [5.74, 6) is 2.43. The third-order valence-electron chi connectivity index (χ3n) is 4.63. The highest BCUT2D eigenvalue weighted by Crippen LogP contribution is 2.48. The van der Waals surface area contributed by atoms with Gasteiger partial charge in [0.05, 0.1) is 11.2 Å². The largest absolute Gasteiger partial charge is 0.460 e. The van der Waals surface area contributed by atoms with Gasteiger partial charge in [-0.15, -0.1) is 11.8 Å². The van der Waals surface area contributed by atoms with Gasteiger partial charge in [-0.2, -0.15) is 0 Å². The first-order valence-corrected chi connectivity index (χ1v) is 11.0. The second-order valence-corrected chi connectivity index (χ2v) is 10.1. The van der Waals surface area contributed by atoms with E-state index in [-0.39, 0.29) is 10.7 Å². The van der Waals surface area contributed by atoms with Crippen molar-refractivity contribution >= 4 is 29.3 Å². The SMILES string of the molecule is CC(C)(C)OC(=O)CC1(c2ccc(Oc3ccc(Cl)cc3)cc2)CCCCS1. The van der Waals surface area contributed by atoms with Gasteiger partial charge in [-0.1, -0.05) is 30.2 Å². The second-order valence-electron chi connectivity index (χ2n) is 8.14. The molecule has 1 atom stereocenters. The van der Waals surface area contributed by atoms with E-state index in [1.54, 1.807) is 12.1 Å². The highest BCUT2D eigenvalue weighted by Gasteiger charge is 2.38. The summed E-state index contributed by atoms with van der Waals surface area (Å²) < 4.78 is 11.3. The minimum atomic E-state index is -0.464. The molecule has 3 nitrogen and oxygen atoms in total. The number of esters is 1. The van der Waals surface area contributed by atoms with Crippen molar-refractivity contribution in [3.05, 3.63) is 59.1 Å². The number of benzene rings is 2. The Labute approximate surface area is 176 Å². The molecule has 5 heteroatoms. The van der Waals surface area contributed by atoms with Crippen LogP contribution < -0.4 is 4.74 Å². The molecule has 0 spiro atoms. The third kappa shape index (κ3) is 5.68. The average molecular weight is 419 g/mol. The molecule has 0 aliphatic carbocycles. The van der Waals surface area contributed by atoms with Gasteiger partial charge in [-0.3, -0.25) is 4.79 Å². The van der Waals surface area contributed by atoms with Crippen molar-refractivity contribution in [3.8, 4) is 11.5 Å². The second kappa shape index (κ2) is 8.79. The third-order valence-corrected chi connectivity index (χ3v) is 6.51. The van der Waals surface area contributed by atoms with Gasteiger partial charge < -0.3 is 9.47 Å². The van der Waals surface area contributed by atoms with Crippen LogP contribution in [-0.4, -0.2) is 17.3 Å². The zero-order chi connectivity index (χ0) is 20.2. The molecule has 0 N–H and O–H groups in total. The van der Waals surface area contributed by atoms with Gasteiger partial charge in [-0.05, 0) is 81.3 Å². The Morgan fingerprint density at radius 2 is 1.64 bits per heavy atom. The lowest BCUT2D eigenvalue weighted by molar-refractivity contribution is -0.155.